The van der Waals surface area contributed by atoms with Gasteiger partial charge in [0.1, 0.15) is 29.3 Å². The summed E-state index contributed by atoms with van der Waals surface area (Å²) in [6.45, 7) is 15.4. The summed E-state index contributed by atoms with van der Waals surface area (Å²) in [7, 11) is 0. The highest BCUT2D eigenvalue weighted by Crippen LogP contribution is 2.28. The van der Waals surface area contributed by atoms with Gasteiger partial charge in [-0.15, -0.1) is 0 Å². The standard InChI is InChI=1S/C34H48N4O7/c1-21(2)38(30(41)25(20-27(35)39)37-32(43)45-34(7,8)9)28(24-18-14-13-15-22(24)3)29(40)36-26(31(42)44-33(4,5)6)19-23-16-11-10-12-17-23/h10-18,21,25-26,28H,19-20H2,1-9H3,(H2,35,39)(H,36,40)(H,37,43). The molecule has 0 bridgehead atoms. The molecule has 0 aliphatic carbocycles. The molecule has 4 amide bonds. The van der Waals surface area contributed by atoms with Gasteiger partial charge in [0.2, 0.25) is 17.7 Å². The molecule has 2 aromatic rings. The van der Waals surface area contributed by atoms with Crippen LogP contribution in [0, 0.1) is 6.92 Å². The van der Waals surface area contributed by atoms with E-state index in [4.69, 9.17) is 15.2 Å². The van der Waals surface area contributed by atoms with Crippen molar-refractivity contribution in [2.45, 2.75) is 111 Å². The van der Waals surface area contributed by atoms with Crippen molar-refractivity contribution >= 4 is 29.8 Å². The second kappa shape index (κ2) is 15.5. The van der Waals surface area contributed by atoms with E-state index in [9.17, 15) is 24.0 Å². The fourth-order valence-corrected chi connectivity index (χ4v) is 4.69. The number of hydrogen-bond acceptors (Lipinski definition) is 7. The molecule has 4 N–H and O–H groups in total. The van der Waals surface area contributed by atoms with Gasteiger partial charge >= 0.3 is 12.1 Å². The SMILES string of the molecule is Cc1ccccc1C(C(=O)NC(Cc1ccccc1)C(=O)OC(C)(C)C)N(C(=O)C(CC(N)=O)NC(=O)OC(C)(C)C)C(C)C. The van der Waals surface area contributed by atoms with Crippen molar-refractivity contribution in [2.75, 3.05) is 0 Å². The van der Waals surface area contributed by atoms with Crippen molar-refractivity contribution in [3.05, 3.63) is 71.3 Å². The minimum absolute atomic E-state index is 0.141. The number of esters is 1. The zero-order chi connectivity index (χ0) is 34.1. The zero-order valence-electron chi connectivity index (χ0n) is 27.8. The topological polar surface area (TPSA) is 157 Å². The van der Waals surface area contributed by atoms with E-state index >= 15 is 0 Å². The Morgan fingerprint density at radius 2 is 1.36 bits per heavy atom. The molecular formula is C34H48N4O7. The molecule has 45 heavy (non-hydrogen) atoms. The van der Waals surface area contributed by atoms with Gasteiger partial charge in [-0.2, -0.15) is 0 Å². The third kappa shape index (κ3) is 11.9. The summed E-state index contributed by atoms with van der Waals surface area (Å²) < 4.78 is 11.0. The Kier molecular flexibility index (Phi) is 12.7. The van der Waals surface area contributed by atoms with Crippen LogP contribution in [-0.4, -0.2) is 64.0 Å². The molecule has 246 valence electrons. The molecule has 0 spiro atoms. The van der Waals surface area contributed by atoms with Gasteiger partial charge in [-0.05, 0) is 79.0 Å². The van der Waals surface area contributed by atoms with Crippen molar-refractivity contribution in [3.63, 3.8) is 0 Å². The van der Waals surface area contributed by atoms with Crippen LogP contribution < -0.4 is 16.4 Å². The first-order valence-corrected chi connectivity index (χ1v) is 15.0. The van der Waals surface area contributed by atoms with E-state index in [2.05, 4.69) is 10.6 Å². The number of ether oxygens (including phenoxy) is 2. The molecule has 0 heterocycles. The first-order valence-electron chi connectivity index (χ1n) is 15.0. The van der Waals surface area contributed by atoms with Crippen LogP contribution in [-0.2, 0) is 35.1 Å². The van der Waals surface area contributed by atoms with Crippen LogP contribution in [0.15, 0.2) is 54.6 Å². The number of alkyl carbamates (subject to hydrolysis) is 1. The average Bonchev–Trinajstić information content (AvgIpc) is 2.89. The van der Waals surface area contributed by atoms with Crippen molar-refractivity contribution in [1.29, 1.82) is 0 Å². The van der Waals surface area contributed by atoms with Crippen molar-refractivity contribution in [3.8, 4) is 0 Å². The summed E-state index contributed by atoms with van der Waals surface area (Å²) in [5.74, 6) is -2.84. The molecule has 0 aliphatic heterocycles. The summed E-state index contributed by atoms with van der Waals surface area (Å²) >= 11 is 0. The molecule has 0 saturated heterocycles. The first-order chi connectivity index (χ1) is 20.8. The Morgan fingerprint density at radius 1 is 0.800 bits per heavy atom. The second-order valence-corrected chi connectivity index (χ2v) is 13.3. The molecule has 11 nitrogen and oxygen atoms in total. The van der Waals surface area contributed by atoms with Gasteiger partial charge in [-0.1, -0.05) is 54.6 Å². The third-order valence-corrected chi connectivity index (χ3v) is 6.51. The highest BCUT2D eigenvalue weighted by molar-refractivity contribution is 5.96. The molecule has 0 radical (unpaired) electrons. The molecule has 2 aromatic carbocycles. The van der Waals surface area contributed by atoms with Crippen LogP contribution >= 0.6 is 0 Å². The average molecular weight is 625 g/mol. The Morgan fingerprint density at radius 3 is 1.87 bits per heavy atom. The number of primary amides is 1. The highest BCUT2D eigenvalue weighted by atomic mass is 16.6. The number of carbonyl (C=O) groups excluding carboxylic acids is 5. The molecule has 11 heteroatoms. The maximum atomic E-state index is 14.4. The number of nitrogens with two attached hydrogens (primary N) is 1. The number of hydrogen-bond donors (Lipinski definition) is 3. The van der Waals surface area contributed by atoms with Crippen LogP contribution in [0.1, 0.15) is 84.5 Å². The van der Waals surface area contributed by atoms with E-state index in [1.807, 2.05) is 30.3 Å². The van der Waals surface area contributed by atoms with Crippen LogP contribution in [0.2, 0.25) is 0 Å². The number of benzene rings is 2. The lowest BCUT2D eigenvalue weighted by molar-refractivity contribution is -0.159. The predicted molar refractivity (Wildman–Crippen MR) is 171 cm³/mol. The summed E-state index contributed by atoms with van der Waals surface area (Å²) in [6, 6.07) is 11.9. The largest absolute Gasteiger partial charge is 0.458 e. The fourth-order valence-electron chi connectivity index (χ4n) is 4.69. The van der Waals surface area contributed by atoms with Crippen LogP contribution in [0.4, 0.5) is 4.79 Å². The Labute approximate surface area is 266 Å². The van der Waals surface area contributed by atoms with Crippen molar-refractivity contribution in [2.24, 2.45) is 5.73 Å². The minimum atomic E-state index is -1.43. The molecule has 0 saturated carbocycles. The Balaban J connectivity index is 2.61. The van der Waals surface area contributed by atoms with E-state index in [0.717, 1.165) is 5.56 Å². The monoisotopic (exact) mass is 624 g/mol. The third-order valence-electron chi connectivity index (χ3n) is 6.51. The van der Waals surface area contributed by atoms with Crippen LogP contribution in [0.5, 0.6) is 0 Å². The lowest BCUT2D eigenvalue weighted by Gasteiger charge is -2.38. The molecule has 0 aromatic heterocycles. The van der Waals surface area contributed by atoms with Gasteiger partial charge in [0, 0.05) is 12.5 Å². The summed E-state index contributed by atoms with van der Waals surface area (Å²) in [6.07, 6.45) is -1.31. The van der Waals surface area contributed by atoms with Crippen molar-refractivity contribution < 1.29 is 33.4 Å². The predicted octanol–water partition coefficient (Wildman–Crippen LogP) is 4.11. The van der Waals surface area contributed by atoms with Gasteiger partial charge in [0.05, 0.1) is 6.42 Å². The first kappa shape index (κ1) is 36.8. The number of aryl methyl sites for hydroxylation is 1. The van der Waals surface area contributed by atoms with Gasteiger partial charge in [0.15, 0.2) is 0 Å². The maximum Gasteiger partial charge on any atom is 0.408 e. The number of rotatable bonds is 12. The number of amides is 4. The summed E-state index contributed by atoms with van der Waals surface area (Å²) in [5, 5.41) is 5.30. The molecule has 0 fully saturated rings. The van der Waals surface area contributed by atoms with Gasteiger partial charge < -0.3 is 30.7 Å². The lowest BCUT2D eigenvalue weighted by atomic mass is 9.96. The zero-order valence-corrected chi connectivity index (χ0v) is 27.8. The smallest absolute Gasteiger partial charge is 0.408 e. The normalized spacial score (nSPS) is 13.6. The fraction of sp³-hybridized carbons (Fsp3) is 0.500. The molecule has 0 aliphatic rings. The summed E-state index contributed by atoms with van der Waals surface area (Å²) in [4.78, 5) is 68.0. The van der Waals surface area contributed by atoms with E-state index in [1.165, 1.54) is 4.90 Å². The Hall–Kier alpha value is -4.41. The second-order valence-electron chi connectivity index (χ2n) is 13.3. The van der Waals surface area contributed by atoms with E-state index in [-0.39, 0.29) is 6.42 Å². The summed E-state index contributed by atoms with van der Waals surface area (Å²) in [5.41, 5.74) is 5.78. The number of carbonyl (C=O) groups is 5. The van der Waals surface area contributed by atoms with E-state index in [1.54, 1.807) is 86.6 Å². The number of nitrogens with one attached hydrogen (secondary N) is 2. The van der Waals surface area contributed by atoms with Gasteiger partial charge in [-0.3, -0.25) is 14.4 Å². The Bertz CT molecular complexity index is 1350. The molecule has 3 atom stereocenters. The molecule has 2 rings (SSSR count). The van der Waals surface area contributed by atoms with Crippen molar-refractivity contribution in [1.82, 2.24) is 15.5 Å². The van der Waals surface area contributed by atoms with Gasteiger partial charge in [-0.25, -0.2) is 9.59 Å². The highest BCUT2D eigenvalue weighted by Gasteiger charge is 2.40. The quantitative estimate of drug-likeness (QED) is 0.300. The molecular weight excluding hydrogens is 576 g/mol. The van der Waals surface area contributed by atoms with Gasteiger partial charge in [0.25, 0.3) is 0 Å². The number of nitrogens with zero attached hydrogens (tertiary/aromatic N) is 1. The molecule has 3 unspecified atom stereocenters. The minimum Gasteiger partial charge on any atom is -0.458 e. The maximum absolute atomic E-state index is 14.4. The lowest BCUT2D eigenvalue weighted by Crippen LogP contribution is -2.57. The van der Waals surface area contributed by atoms with Crippen LogP contribution in [0.3, 0.4) is 0 Å². The van der Waals surface area contributed by atoms with E-state index < -0.39 is 71.6 Å². The van der Waals surface area contributed by atoms with E-state index in [0.29, 0.717) is 11.1 Å². The van der Waals surface area contributed by atoms with Crippen LogP contribution in [0.25, 0.3) is 0 Å².